The predicted octanol–water partition coefficient (Wildman–Crippen LogP) is 3.15. The van der Waals surface area contributed by atoms with E-state index >= 15 is 0 Å². The maximum absolute atomic E-state index is 9.90. The summed E-state index contributed by atoms with van der Waals surface area (Å²) in [5, 5.41) is 31.6. The zero-order valence-corrected chi connectivity index (χ0v) is 11.8. The van der Waals surface area contributed by atoms with Crippen molar-refractivity contribution in [1.82, 2.24) is 0 Å². The number of anilines is 1. The van der Waals surface area contributed by atoms with Crippen molar-refractivity contribution in [3.05, 3.63) is 47.5 Å². The van der Waals surface area contributed by atoms with E-state index in [1.54, 1.807) is 24.3 Å². The molecule has 21 heavy (non-hydrogen) atoms. The van der Waals surface area contributed by atoms with Gasteiger partial charge in [-0.25, -0.2) is 0 Å². The SMILES string of the molecule is COc1cccc(C#N)c1NC(C)c1ccc(O)cc1O. The van der Waals surface area contributed by atoms with E-state index in [2.05, 4.69) is 11.4 Å². The van der Waals surface area contributed by atoms with Gasteiger partial charge in [0.25, 0.3) is 0 Å². The van der Waals surface area contributed by atoms with E-state index in [9.17, 15) is 15.5 Å². The second kappa shape index (κ2) is 6.06. The molecular weight excluding hydrogens is 268 g/mol. The van der Waals surface area contributed by atoms with Crippen molar-refractivity contribution in [1.29, 1.82) is 5.26 Å². The van der Waals surface area contributed by atoms with Crippen LogP contribution in [0.2, 0.25) is 0 Å². The molecule has 5 nitrogen and oxygen atoms in total. The summed E-state index contributed by atoms with van der Waals surface area (Å²) in [6.45, 7) is 1.85. The van der Waals surface area contributed by atoms with Crippen LogP contribution in [0.3, 0.4) is 0 Å². The Labute approximate surface area is 123 Å². The summed E-state index contributed by atoms with van der Waals surface area (Å²) in [6, 6.07) is 11.4. The number of aromatic hydroxyl groups is 2. The molecule has 0 bridgehead atoms. The molecule has 0 saturated carbocycles. The molecule has 0 spiro atoms. The van der Waals surface area contributed by atoms with Crippen molar-refractivity contribution in [2.75, 3.05) is 12.4 Å². The lowest BCUT2D eigenvalue weighted by molar-refractivity contribution is 0.415. The van der Waals surface area contributed by atoms with Gasteiger partial charge in [-0.3, -0.25) is 0 Å². The molecule has 2 aromatic rings. The van der Waals surface area contributed by atoms with Gasteiger partial charge in [-0.05, 0) is 31.2 Å². The van der Waals surface area contributed by atoms with E-state index in [0.29, 0.717) is 22.6 Å². The molecule has 0 amide bonds. The van der Waals surface area contributed by atoms with Crippen molar-refractivity contribution in [2.45, 2.75) is 13.0 Å². The first-order valence-corrected chi connectivity index (χ1v) is 6.42. The second-order valence-electron chi connectivity index (χ2n) is 4.60. The number of methoxy groups -OCH3 is 1. The number of benzene rings is 2. The average Bonchev–Trinajstić information content (AvgIpc) is 2.47. The molecule has 1 atom stereocenters. The molecule has 0 aliphatic heterocycles. The van der Waals surface area contributed by atoms with Crippen LogP contribution in [-0.2, 0) is 0 Å². The molecule has 0 aromatic heterocycles. The highest BCUT2D eigenvalue weighted by Gasteiger charge is 2.15. The van der Waals surface area contributed by atoms with Crippen LogP contribution in [-0.4, -0.2) is 17.3 Å². The van der Waals surface area contributed by atoms with Gasteiger partial charge < -0.3 is 20.3 Å². The fourth-order valence-corrected chi connectivity index (χ4v) is 2.14. The van der Waals surface area contributed by atoms with Crippen LogP contribution < -0.4 is 10.1 Å². The minimum atomic E-state index is -0.269. The summed E-state index contributed by atoms with van der Waals surface area (Å²) in [4.78, 5) is 0. The lowest BCUT2D eigenvalue weighted by Gasteiger charge is -2.19. The molecule has 2 rings (SSSR count). The van der Waals surface area contributed by atoms with Crippen molar-refractivity contribution < 1.29 is 14.9 Å². The zero-order valence-electron chi connectivity index (χ0n) is 11.8. The van der Waals surface area contributed by atoms with Crippen molar-refractivity contribution in [2.24, 2.45) is 0 Å². The second-order valence-corrected chi connectivity index (χ2v) is 4.60. The predicted molar refractivity (Wildman–Crippen MR) is 79.5 cm³/mol. The number of nitriles is 1. The molecule has 0 heterocycles. The molecule has 0 aliphatic carbocycles. The van der Waals surface area contributed by atoms with Crippen LogP contribution in [0.25, 0.3) is 0 Å². The van der Waals surface area contributed by atoms with Crippen LogP contribution in [0.1, 0.15) is 24.1 Å². The molecule has 0 aliphatic rings. The lowest BCUT2D eigenvalue weighted by atomic mass is 10.1. The number of rotatable bonds is 4. The van der Waals surface area contributed by atoms with Gasteiger partial charge in [0.05, 0.1) is 24.4 Å². The minimum absolute atomic E-state index is 0.00143. The number of phenols is 2. The summed E-state index contributed by atoms with van der Waals surface area (Å²) in [6.07, 6.45) is 0. The third-order valence-electron chi connectivity index (χ3n) is 3.21. The maximum Gasteiger partial charge on any atom is 0.143 e. The van der Waals surface area contributed by atoms with Gasteiger partial charge >= 0.3 is 0 Å². The molecule has 1 unspecified atom stereocenters. The summed E-state index contributed by atoms with van der Waals surface area (Å²) in [7, 11) is 1.53. The minimum Gasteiger partial charge on any atom is -0.508 e. The van der Waals surface area contributed by atoms with Gasteiger partial charge in [-0.2, -0.15) is 5.26 Å². The lowest BCUT2D eigenvalue weighted by Crippen LogP contribution is -2.09. The number of phenolic OH excluding ortho intramolecular Hbond substituents is 2. The highest BCUT2D eigenvalue weighted by Crippen LogP contribution is 2.34. The van der Waals surface area contributed by atoms with Crippen LogP contribution in [0.15, 0.2) is 36.4 Å². The molecule has 5 heteroatoms. The normalized spacial score (nSPS) is 11.5. The van der Waals surface area contributed by atoms with Crippen LogP contribution >= 0.6 is 0 Å². The number of hydrogen-bond donors (Lipinski definition) is 3. The smallest absolute Gasteiger partial charge is 0.143 e. The van der Waals surface area contributed by atoms with Gasteiger partial charge in [0, 0.05) is 11.6 Å². The van der Waals surface area contributed by atoms with E-state index in [-0.39, 0.29) is 17.5 Å². The summed E-state index contributed by atoms with van der Waals surface area (Å²) in [5.74, 6) is 0.543. The number of nitrogens with zero attached hydrogens (tertiary/aromatic N) is 1. The molecule has 3 N–H and O–H groups in total. The Bertz CT molecular complexity index is 692. The van der Waals surface area contributed by atoms with Crippen molar-refractivity contribution in [3.63, 3.8) is 0 Å². The quantitative estimate of drug-likeness (QED) is 0.803. The Morgan fingerprint density at radius 2 is 2.00 bits per heavy atom. The molecule has 0 fully saturated rings. The molecular formula is C16H16N2O3. The van der Waals surface area contributed by atoms with Gasteiger partial charge in [0.1, 0.15) is 23.3 Å². The Morgan fingerprint density at radius 1 is 1.24 bits per heavy atom. The fraction of sp³-hybridized carbons (Fsp3) is 0.188. The van der Waals surface area contributed by atoms with Crippen LogP contribution in [0, 0.1) is 11.3 Å². The monoisotopic (exact) mass is 284 g/mol. The highest BCUT2D eigenvalue weighted by atomic mass is 16.5. The number of para-hydroxylation sites is 1. The van der Waals surface area contributed by atoms with Crippen molar-refractivity contribution >= 4 is 5.69 Å². The Balaban J connectivity index is 2.36. The first-order valence-electron chi connectivity index (χ1n) is 6.42. The summed E-state index contributed by atoms with van der Waals surface area (Å²) in [5.41, 5.74) is 1.64. The van der Waals surface area contributed by atoms with E-state index < -0.39 is 0 Å². The average molecular weight is 284 g/mol. The third kappa shape index (κ3) is 3.00. The third-order valence-corrected chi connectivity index (χ3v) is 3.21. The first kappa shape index (κ1) is 14.5. The van der Waals surface area contributed by atoms with Gasteiger partial charge in [-0.15, -0.1) is 0 Å². The first-order chi connectivity index (χ1) is 10.1. The zero-order chi connectivity index (χ0) is 15.4. The molecule has 0 radical (unpaired) electrons. The highest BCUT2D eigenvalue weighted by molar-refractivity contribution is 5.67. The number of ether oxygens (including phenoxy) is 1. The maximum atomic E-state index is 9.90. The van der Waals surface area contributed by atoms with Gasteiger partial charge in [0.15, 0.2) is 0 Å². The topological polar surface area (TPSA) is 85.5 Å². The number of nitrogens with one attached hydrogen (secondary N) is 1. The van der Waals surface area contributed by atoms with E-state index in [4.69, 9.17) is 4.74 Å². The van der Waals surface area contributed by atoms with E-state index in [1.165, 1.54) is 19.2 Å². The Hall–Kier alpha value is -2.87. The molecule has 0 saturated heterocycles. The standard InChI is InChI=1S/C16H16N2O3/c1-10(13-7-6-12(19)8-14(13)20)18-16-11(9-17)4-3-5-15(16)21-2/h3-8,10,18-20H,1-2H3. The Kier molecular flexibility index (Phi) is 4.19. The van der Waals surface area contributed by atoms with E-state index in [0.717, 1.165) is 0 Å². The van der Waals surface area contributed by atoms with E-state index in [1.807, 2.05) is 6.92 Å². The largest absolute Gasteiger partial charge is 0.508 e. The van der Waals surface area contributed by atoms with Crippen LogP contribution in [0.5, 0.6) is 17.2 Å². The Morgan fingerprint density at radius 3 is 2.62 bits per heavy atom. The van der Waals surface area contributed by atoms with Crippen molar-refractivity contribution in [3.8, 4) is 23.3 Å². The molecule has 2 aromatic carbocycles. The molecule has 108 valence electrons. The number of hydrogen-bond acceptors (Lipinski definition) is 5. The fourth-order valence-electron chi connectivity index (χ4n) is 2.14. The van der Waals surface area contributed by atoms with Gasteiger partial charge in [0.2, 0.25) is 0 Å². The summed E-state index contributed by atoms with van der Waals surface area (Å²) < 4.78 is 5.26. The van der Waals surface area contributed by atoms with Crippen LogP contribution in [0.4, 0.5) is 5.69 Å². The van der Waals surface area contributed by atoms with Gasteiger partial charge in [-0.1, -0.05) is 6.07 Å². The summed E-state index contributed by atoms with van der Waals surface area (Å²) >= 11 is 0.